The molecule has 6 heteroatoms. The molecule has 0 aliphatic rings. The molecule has 1 N–H and O–H groups in total. The van der Waals surface area contributed by atoms with Gasteiger partial charge in [0.25, 0.3) is 0 Å². The van der Waals surface area contributed by atoms with Gasteiger partial charge in [0.15, 0.2) is 0 Å². The summed E-state index contributed by atoms with van der Waals surface area (Å²) in [6.45, 7) is 2.75. The molecule has 0 bridgehead atoms. The van der Waals surface area contributed by atoms with Gasteiger partial charge in [-0.05, 0) is 29.1 Å². The predicted octanol–water partition coefficient (Wildman–Crippen LogP) is 3.57. The number of hydrogen-bond acceptors (Lipinski definition) is 4. The second-order valence-electron chi connectivity index (χ2n) is 6.33. The summed E-state index contributed by atoms with van der Waals surface area (Å²) < 4.78 is 7.57. The molecule has 6 nitrogen and oxygen atoms in total. The van der Waals surface area contributed by atoms with Crippen LogP contribution < -0.4 is 5.32 Å². The molecular weight excluding hydrogens is 340 g/mol. The standard InChI is InChI=1S/C21H20N4O2/c1-2-20-23-24-21(27-20)17-9-8-16-10-11-25(18(16)12-17)14-19(26)22-13-15-6-4-3-5-7-15/h3-12H,2,13-14H2,1H3,(H,22,26). The van der Waals surface area contributed by atoms with E-state index in [-0.39, 0.29) is 12.5 Å². The van der Waals surface area contributed by atoms with Crippen molar-refractivity contribution in [3.8, 4) is 11.5 Å². The Kier molecular flexibility index (Phi) is 4.70. The number of aryl methyl sites for hydroxylation is 1. The zero-order valence-electron chi connectivity index (χ0n) is 15.1. The van der Waals surface area contributed by atoms with Crippen LogP contribution in [0.5, 0.6) is 0 Å². The average molecular weight is 360 g/mol. The fourth-order valence-corrected chi connectivity index (χ4v) is 2.98. The molecule has 2 aromatic heterocycles. The van der Waals surface area contributed by atoms with E-state index in [9.17, 15) is 4.79 Å². The van der Waals surface area contributed by atoms with Crippen molar-refractivity contribution in [2.24, 2.45) is 0 Å². The number of nitrogens with zero attached hydrogens (tertiary/aromatic N) is 3. The lowest BCUT2D eigenvalue weighted by Crippen LogP contribution is -2.26. The summed E-state index contributed by atoms with van der Waals surface area (Å²) in [7, 11) is 0. The number of hydrogen-bond donors (Lipinski definition) is 1. The Morgan fingerprint density at radius 2 is 1.96 bits per heavy atom. The number of fused-ring (bicyclic) bond motifs is 1. The molecule has 4 rings (SSSR count). The first kappa shape index (κ1) is 17.0. The summed E-state index contributed by atoms with van der Waals surface area (Å²) in [4.78, 5) is 12.4. The van der Waals surface area contributed by atoms with Gasteiger partial charge >= 0.3 is 0 Å². The summed E-state index contributed by atoms with van der Waals surface area (Å²) in [6, 6.07) is 17.8. The maximum atomic E-state index is 12.4. The van der Waals surface area contributed by atoms with Crippen LogP contribution in [0.2, 0.25) is 0 Å². The molecule has 2 heterocycles. The molecule has 4 aromatic rings. The molecule has 1 amide bonds. The second kappa shape index (κ2) is 7.45. The number of aromatic nitrogens is 3. The van der Waals surface area contributed by atoms with Gasteiger partial charge in [-0.1, -0.05) is 43.3 Å². The van der Waals surface area contributed by atoms with E-state index in [1.165, 1.54) is 0 Å². The van der Waals surface area contributed by atoms with E-state index in [4.69, 9.17) is 4.42 Å². The quantitative estimate of drug-likeness (QED) is 0.570. The number of carbonyl (C=O) groups excluding carboxylic acids is 1. The Labute approximate surface area is 156 Å². The van der Waals surface area contributed by atoms with Gasteiger partial charge in [-0.25, -0.2) is 0 Å². The van der Waals surface area contributed by atoms with Crippen LogP contribution >= 0.6 is 0 Å². The van der Waals surface area contributed by atoms with Gasteiger partial charge < -0.3 is 14.3 Å². The van der Waals surface area contributed by atoms with Crippen molar-refractivity contribution in [1.29, 1.82) is 0 Å². The Hall–Kier alpha value is -3.41. The molecule has 0 fully saturated rings. The fourth-order valence-electron chi connectivity index (χ4n) is 2.98. The summed E-state index contributed by atoms with van der Waals surface area (Å²) in [5.74, 6) is 1.07. The van der Waals surface area contributed by atoms with Crippen LogP contribution in [-0.2, 0) is 24.3 Å². The summed E-state index contributed by atoms with van der Waals surface area (Å²) in [6.07, 6.45) is 2.62. The molecule has 0 spiro atoms. The highest BCUT2D eigenvalue weighted by atomic mass is 16.4. The van der Waals surface area contributed by atoms with Crippen LogP contribution in [0.15, 0.2) is 65.2 Å². The minimum absolute atomic E-state index is 0.0344. The summed E-state index contributed by atoms with van der Waals surface area (Å²) in [5, 5.41) is 12.1. The molecule has 0 saturated carbocycles. The first-order valence-corrected chi connectivity index (χ1v) is 8.95. The minimum Gasteiger partial charge on any atom is -0.421 e. The molecule has 0 aliphatic heterocycles. The molecule has 27 heavy (non-hydrogen) atoms. The minimum atomic E-state index is -0.0344. The molecule has 0 aliphatic carbocycles. The maximum Gasteiger partial charge on any atom is 0.247 e. The number of nitrogens with one attached hydrogen (secondary N) is 1. The first-order valence-electron chi connectivity index (χ1n) is 8.95. The lowest BCUT2D eigenvalue weighted by atomic mass is 10.1. The van der Waals surface area contributed by atoms with Crippen molar-refractivity contribution < 1.29 is 9.21 Å². The maximum absolute atomic E-state index is 12.4. The SMILES string of the molecule is CCc1nnc(-c2ccc3ccn(CC(=O)NCc4ccccc4)c3c2)o1. The summed E-state index contributed by atoms with van der Waals surface area (Å²) >= 11 is 0. The van der Waals surface area contributed by atoms with Gasteiger partial charge in [-0.3, -0.25) is 4.79 Å². The van der Waals surface area contributed by atoms with Crippen molar-refractivity contribution in [3.05, 3.63) is 72.2 Å². The normalized spacial score (nSPS) is 11.0. The van der Waals surface area contributed by atoms with E-state index < -0.39 is 0 Å². The van der Waals surface area contributed by atoms with Gasteiger partial charge in [0.05, 0.1) is 0 Å². The Bertz CT molecular complexity index is 1070. The smallest absolute Gasteiger partial charge is 0.247 e. The third kappa shape index (κ3) is 3.74. The molecule has 0 unspecified atom stereocenters. The molecule has 0 saturated heterocycles. The van der Waals surface area contributed by atoms with Crippen LogP contribution in [0, 0.1) is 0 Å². The number of carbonyl (C=O) groups is 1. The predicted molar refractivity (Wildman–Crippen MR) is 103 cm³/mol. The lowest BCUT2D eigenvalue weighted by molar-refractivity contribution is -0.121. The van der Waals surface area contributed by atoms with Crippen molar-refractivity contribution in [1.82, 2.24) is 20.1 Å². The molecular formula is C21H20N4O2. The van der Waals surface area contributed by atoms with Gasteiger partial charge in [0.1, 0.15) is 6.54 Å². The monoisotopic (exact) mass is 360 g/mol. The van der Waals surface area contributed by atoms with E-state index in [1.54, 1.807) is 0 Å². The topological polar surface area (TPSA) is 73.0 Å². The van der Waals surface area contributed by atoms with Crippen LogP contribution in [0.25, 0.3) is 22.4 Å². The van der Waals surface area contributed by atoms with Crippen LogP contribution in [-0.4, -0.2) is 20.7 Å². The van der Waals surface area contributed by atoms with E-state index in [1.807, 2.05) is 72.3 Å². The van der Waals surface area contributed by atoms with Crippen molar-refractivity contribution in [2.75, 3.05) is 0 Å². The summed E-state index contributed by atoms with van der Waals surface area (Å²) in [5.41, 5.74) is 2.88. The fraction of sp³-hybridized carbons (Fsp3) is 0.190. The van der Waals surface area contributed by atoms with E-state index in [0.29, 0.717) is 24.7 Å². The first-order chi connectivity index (χ1) is 13.2. The number of amides is 1. The van der Waals surface area contributed by atoms with Crippen LogP contribution in [0.3, 0.4) is 0 Å². The van der Waals surface area contributed by atoms with Crippen molar-refractivity contribution >= 4 is 16.8 Å². The Balaban J connectivity index is 1.51. The highest BCUT2D eigenvalue weighted by molar-refractivity contribution is 5.86. The second-order valence-corrected chi connectivity index (χ2v) is 6.33. The zero-order valence-corrected chi connectivity index (χ0v) is 15.1. The third-order valence-electron chi connectivity index (χ3n) is 4.44. The van der Waals surface area contributed by atoms with Crippen molar-refractivity contribution in [3.63, 3.8) is 0 Å². The zero-order chi connectivity index (χ0) is 18.6. The molecule has 0 radical (unpaired) electrons. The third-order valence-corrected chi connectivity index (χ3v) is 4.44. The van der Waals surface area contributed by atoms with E-state index in [2.05, 4.69) is 15.5 Å². The van der Waals surface area contributed by atoms with Crippen LogP contribution in [0.1, 0.15) is 18.4 Å². The lowest BCUT2D eigenvalue weighted by Gasteiger charge is -2.08. The number of benzene rings is 2. The van der Waals surface area contributed by atoms with Gasteiger partial charge in [-0.2, -0.15) is 0 Å². The van der Waals surface area contributed by atoms with Crippen molar-refractivity contribution in [2.45, 2.75) is 26.4 Å². The van der Waals surface area contributed by atoms with Crippen LogP contribution in [0.4, 0.5) is 0 Å². The van der Waals surface area contributed by atoms with E-state index in [0.717, 1.165) is 22.0 Å². The van der Waals surface area contributed by atoms with Gasteiger partial charge in [-0.15, -0.1) is 10.2 Å². The largest absolute Gasteiger partial charge is 0.421 e. The van der Waals surface area contributed by atoms with Gasteiger partial charge in [0, 0.05) is 30.2 Å². The number of rotatable bonds is 6. The Morgan fingerprint density at radius 1 is 1.11 bits per heavy atom. The Morgan fingerprint density at radius 3 is 2.74 bits per heavy atom. The highest BCUT2D eigenvalue weighted by Gasteiger charge is 2.11. The highest BCUT2D eigenvalue weighted by Crippen LogP contribution is 2.24. The molecule has 2 aromatic carbocycles. The van der Waals surface area contributed by atoms with E-state index >= 15 is 0 Å². The average Bonchev–Trinajstić information content (AvgIpc) is 3.34. The molecule has 136 valence electrons. The van der Waals surface area contributed by atoms with Gasteiger partial charge in [0.2, 0.25) is 17.7 Å². The molecule has 0 atom stereocenters.